The van der Waals surface area contributed by atoms with Gasteiger partial charge in [0.15, 0.2) is 5.82 Å². The van der Waals surface area contributed by atoms with Gasteiger partial charge in [0.05, 0.1) is 22.4 Å². The number of aromatic nitrogens is 1. The highest BCUT2D eigenvalue weighted by Gasteiger charge is 2.37. The highest BCUT2D eigenvalue weighted by molar-refractivity contribution is 7.94. The Morgan fingerprint density at radius 1 is 1.27 bits per heavy atom. The Balaban J connectivity index is 1.85. The molecule has 0 bridgehead atoms. The van der Waals surface area contributed by atoms with E-state index >= 15 is 0 Å². The summed E-state index contributed by atoms with van der Waals surface area (Å²) in [5.74, 6) is -1.03. The second kappa shape index (κ2) is 7.81. The zero-order valence-corrected chi connectivity index (χ0v) is 18.0. The van der Waals surface area contributed by atoms with E-state index in [-0.39, 0.29) is 28.6 Å². The molecular formula is C17H20N4O7S2. The minimum atomic E-state index is -4.22. The molecule has 13 heteroatoms. The highest BCUT2D eigenvalue weighted by atomic mass is 32.2. The molecule has 2 amide bonds. The van der Waals surface area contributed by atoms with Gasteiger partial charge in [-0.15, -0.1) is 0 Å². The molecule has 2 heterocycles. The van der Waals surface area contributed by atoms with Crippen LogP contribution in [-0.2, 0) is 29.6 Å². The van der Waals surface area contributed by atoms with E-state index in [0.717, 1.165) is 6.07 Å². The van der Waals surface area contributed by atoms with Crippen molar-refractivity contribution in [2.24, 2.45) is 0 Å². The van der Waals surface area contributed by atoms with Gasteiger partial charge in [0.1, 0.15) is 5.76 Å². The molecule has 1 aliphatic heterocycles. The zero-order chi connectivity index (χ0) is 22.3. The Morgan fingerprint density at radius 3 is 2.53 bits per heavy atom. The van der Waals surface area contributed by atoms with Gasteiger partial charge in [-0.05, 0) is 38.5 Å². The molecule has 1 saturated heterocycles. The van der Waals surface area contributed by atoms with Crippen molar-refractivity contribution in [2.45, 2.75) is 38.1 Å². The lowest BCUT2D eigenvalue weighted by Crippen LogP contribution is -2.41. The number of amides is 2. The fraction of sp³-hybridized carbons (Fsp3) is 0.353. The molecule has 162 valence electrons. The van der Waals surface area contributed by atoms with Crippen LogP contribution in [0.4, 0.5) is 11.5 Å². The van der Waals surface area contributed by atoms with Gasteiger partial charge in [-0.1, -0.05) is 11.2 Å². The van der Waals surface area contributed by atoms with E-state index in [1.165, 1.54) is 32.0 Å². The summed E-state index contributed by atoms with van der Waals surface area (Å²) in [6.45, 7) is 4.49. The van der Waals surface area contributed by atoms with Gasteiger partial charge < -0.3 is 9.84 Å². The van der Waals surface area contributed by atoms with Gasteiger partial charge in [0.2, 0.25) is 31.9 Å². The molecule has 2 N–H and O–H groups in total. The normalized spacial score (nSPS) is 17.2. The van der Waals surface area contributed by atoms with Gasteiger partial charge in [0, 0.05) is 12.5 Å². The van der Waals surface area contributed by atoms with E-state index in [1.807, 2.05) is 0 Å². The van der Waals surface area contributed by atoms with Crippen LogP contribution in [0.5, 0.6) is 0 Å². The molecule has 1 aliphatic rings. The fourth-order valence-corrected chi connectivity index (χ4v) is 5.80. The van der Waals surface area contributed by atoms with Crippen molar-refractivity contribution in [1.82, 2.24) is 9.88 Å². The van der Waals surface area contributed by atoms with Crippen molar-refractivity contribution in [3.05, 3.63) is 35.6 Å². The van der Waals surface area contributed by atoms with Crippen molar-refractivity contribution >= 4 is 43.4 Å². The predicted molar refractivity (Wildman–Crippen MR) is 107 cm³/mol. The first-order chi connectivity index (χ1) is 13.9. The maximum atomic E-state index is 12.9. The number of hydrogen-bond acceptors (Lipinski definition) is 8. The molecule has 1 aromatic carbocycles. The second-order valence-corrected chi connectivity index (χ2v) is 10.4. The number of benzene rings is 1. The van der Waals surface area contributed by atoms with Crippen molar-refractivity contribution in [3.8, 4) is 0 Å². The number of anilines is 2. The summed E-state index contributed by atoms with van der Waals surface area (Å²) >= 11 is 0. The van der Waals surface area contributed by atoms with Gasteiger partial charge in [-0.3, -0.25) is 9.59 Å². The van der Waals surface area contributed by atoms with Crippen molar-refractivity contribution < 1.29 is 30.9 Å². The van der Waals surface area contributed by atoms with E-state index < -0.39 is 37.9 Å². The largest absolute Gasteiger partial charge is 0.360 e. The third kappa shape index (κ3) is 4.37. The van der Waals surface area contributed by atoms with Crippen molar-refractivity contribution in [3.63, 3.8) is 0 Å². The summed E-state index contributed by atoms with van der Waals surface area (Å²) in [5.41, 5.74) is 0.244. The van der Waals surface area contributed by atoms with Gasteiger partial charge in [-0.2, -0.15) is 4.72 Å². The van der Waals surface area contributed by atoms with Gasteiger partial charge in [0.25, 0.3) is 0 Å². The number of rotatable bonds is 6. The second-order valence-electron chi connectivity index (χ2n) is 6.83. The summed E-state index contributed by atoms with van der Waals surface area (Å²) in [6, 6.07) is 4.16. The lowest BCUT2D eigenvalue weighted by molar-refractivity contribution is -0.117. The predicted octanol–water partition coefficient (Wildman–Crippen LogP) is 0.663. The number of hydrogen-bond donors (Lipinski definition) is 2. The summed E-state index contributed by atoms with van der Waals surface area (Å²) in [7, 11) is -8.06. The molecule has 0 saturated carbocycles. The van der Waals surface area contributed by atoms with E-state index in [4.69, 9.17) is 4.52 Å². The number of carbonyl (C=O) groups is 2. The lowest BCUT2D eigenvalue weighted by atomic mass is 10.2. The summed E-state index contributed by atoms with van der Waals surface area (Å²) in [5, 5.41) is 6.03. The van der Waals surface area contributed by atoms with Crippen LogP contribution in [0, 0.1) is 13.8 Å². The number of sulfonamides is 2. The third-order valence-electron chi connectivity index (χ3n) is 4.38. The first-order valence-corrected chi connectivity index (χ1v) is 11.9. The van der Waals surface area contributed by atoms with Crippen LogP contribution in [-0.4, -0.2) is 45.6 Å². The highest BCUT2D eigenvalue weighted by Crippen LogP contribution is 2.29. The SMILES string of the molecule is Cc1cc(NC(=O)[C@H](C)NS(=O)(=O)c2cc(N3C(=O)CCS3(=O)=O)ccc2C)no1. The molecule has 1 atom stereocenters. The molecular weight excluding hydrogens is 436 g/mol. The lowest BCUT2D eigenvalue weighted by Gasteiger charge is -2.18. The van der Waals surface area contributed by atoms with Crippen LogP contribution in [0.3, 0.4) is 0 Å². The molecule has 1 aromatic heterocycles. The molecule has 30 heavy (non-hydrogen) atoms. The molecule has 3 rings (SSSR count). The van der Waals surface area contributed by atoms with Crippen LogP contribution in [0.15, 0.2) is 33.7 Å². The molecule has 0 spiro atoms. The van der Waals surface area contributed by atoms with E-state index in [0.29, 0.717) is 15.6 Å². The maximum absolute atomic E-state index is 12.9. The summed E-state index contributed by atoms with van der Waals surface area (Å²) < 4.78 is 57.7. The van der Waals surface area contributed by atoms with E-state index in [2.05, 4.69) is 15.2 Å². The van der Waals surface area contributed by atoms with Crippen LogP contribution >= 0.6 is 0 Å². The third-order valence-corrected chi connectivity index (χ3v) is 7.75. The van der Waals surface area contributed by atoms with Gasteiger partial charge in [-0.25, -0.2) is 21.1 Å². The quantitative estimate of drug-likeness (QED) is 0.642. The number of carbonyl (C=O) groups excluding carboxylic acids is 2. The fourth-order valence-electron chi connectivity index (χ4n) is 2.88. The first-order valence-electron chi connectivity index (χ1n) is 8.84. The van der Waals surface area contributed by atoms with E-state index in [1.54, 1.807) is 6.92 Å². The molecule has 1 fully saturated rings. The Morgan fingerprint density at radius 2 is 1.97 bits per heavy atom. The Labute approximate surface area is 173 Å². The van der Waals surface area contributed by atoms with Crippen LogP contribution in [0.25, 0.3) is 0 Å². The zero-order valence-electron chi connectivity index (χ0n) is 16.4. The summed E-state index contributed by atoms with van der Waals surface area (Å²) in [4.78, 5) is 24.0. The Bertz CT molecular complexity index is 1220. The number of aryl methyl sites for hydroxylation is 2. The van der Waals surface area contributed by atoms with E-state index in [9.17, 15) is 26.4 Å². The van der Waals surface area contributed by atoms with Gasteiger partial charge >= 0.3 is 0 Å². The van der Waals surface area contributed by atoms with Crippen LogP contribution in [0.2, 0.25) is 0 Å². The minimum Gasteiger partial charge on any atom is -0.360 e. The van der Waals surface area contributed by atoms with Crippen molar-refractivity contribution in [2.75, 3.05) is 15.4 Å². The molecule has 0 unspecified atom stereocenters. The Hall–Kier alpha value is -2.77. The molecule has 0 aliphatic carbocycles. The topological polar surface area (TPSA) is 156 Å². The molecule has 11 nitrogen and oxygen atoms in total. The Kier molecular flexibility index (Phi) is 5.71. The van der Waals surface area contributed by atoms with Crippen molar-refractivity contribution in [1.29, 1.82) is 0 Å². The maximum Gasteiger partial charge on any atom is 0.243 e. The smallest absolute Gasteiger partial charge is 0.243 e. The summed E-state index contributed by atoms with van der Waals surface area (Å²) in [6.07, 6.45) is -0.171. The molecule has 0 radical (unpaired) electrons. The standard InChI is InChI=1S/C17H20N4O7S2/c1-10-4-5-13(21-16(22)6-7-29(21,24)25)9-14(10)30(26,27)20-12(3)17(23)18-15-8-11(2)28-19-15/h4-5,8-9,12,20H,6-7H2,1-3H3,(H,18,19,23)/t12-/m0/s1. The first kappa shape index (κ1) is 21.9. The number of nitrogens with zero attached hydrogens (tertiary/aromatic N) is 2. The monoisotopic (exact) mass is 456 g/mol. The number of nitrogens with one attached hydrogen (secondary N) is 2. The average molecular weight is 457 g/mol. The average Bonchev–Trinajstić information content (AvgIpc) is 3.17. The van der Waals surface area contributed by atoms with Crippen LogP contribution in [0.1, 0.15) is 24.7 Å². The minimum absolute atomic E-state index is 0.0707. The molecule has 2 aromatic rings. The van der Waals surface area contributed by atoms with Crippen LogP contribution < -0.4 is 14.3 Å².